The molecule has 0 fully saturated rings. The molecule has 0 aliphatic heterocycles. The van der Waals surface area contributed by atoms with E-state index in [1.165, 1.54) is 26.4 Å². The van der Waals surface area contributed by atoms with Crippen LogP contribution in [0.15, 0.2) is 22.7 Å². The van der Waals surface area contributed by atoms with Crippen molar-refractivity contribution in [2.24, 2.45) is 0 Å². The van der Waals surface area contributed by atoms with Gasteiger partial charge in [0.2, 0.25) is 0 Å². The van der Waals surface area contributed by atoms with Gasteiger partial charge in [-0.3, -0.25) is 0 Å². The molecule has 0 aliphatic rings. The van der Waals surface area contributed by atoms with Gasteiger partial charge in [-0.25, -0.2) is 4.79 Å². The smallest absolute Gasteiger partial charge is 0.339 e. The summed E-state index contributed by atoms with van der Waals surface area (Å²) in [5.41, 5.74) is 0.489. The molecule has 0 aromatic heterocycles. The lowest BCUT2D eigenvalue weighted by atomic mass is 10.2. The van der Waals surface area contributed by atoms with Crippen LogP contribution in [0.3, 0.4) is 0 Å². The highest BCUT2D eigenvalue weighted by Crippen LogP contribution is 2.23. The summed E-state index contributed by atoms with van der Waals surface area (Å²) < 4.78 is 11.0. The van der Waals surface area contributed by atoms with Gasteiger partial charge in [-0.15, -0.1) is 0 Å². The van der Waals surface area contributed by atoms with E-state index in [-0.39, 0.29) is 5.97 Å². The molecule has 0 saturated carbocycles. The van der Waals surface area contributed by atoms with Gasteiger partial charge in [0.25, 0.3) is 0 Å². The van der Waals surface area contributed by atoms with Crippen molar-refractivity contribution in [1.29, 1.82) is 0 Å². The fraction of sp³-hybridized carbons (Fsp3) is 0.500. The SMILES string of the molecule is CCCCCCOc1ccc(Br)c(C(=O)OC)c1. The van der Waals surface area contributed by atoms with Crippen molar-refractivity contribution >= 4 is 21.9 Å². The number of benzene rings is 1. The number of methoxy groups -OCH3 is 1. The molecule has 0 bridgehead atoms. The zero-order valence-corrected chi connectivity index (χ0v) is 12.5. The highest BCUT2D eigenvalue weighted by Gasteiger charge is 2.11. The first-order valence-corrected chi connectivity index (χ1v) is 6.99. The van der Waals surface area contributed by atoms with Crippen LogP contribution in [-0.4, -0.2) is 19.7 Å². The Bertz CT molecular complexity index is 391. The van der Waals surface area contributed by atoms with Crippen molar-refractivity contribution in [2.75, 3.05) is 13.7 Å². The minimum atomic E-state index is -0.363. The van der Waals surface area contributed by atoms with Gasteiger partial charge in [0.15, 0.2) is 0 Å². The molecular weight excluding hydrogens is 296 g/mol. The Morgan fingerprint density at radius 1 is 1.28 bits per heavy atom. The summed E-state index contributed by atoms with van der Waals surface area (Å²) in [7, 11) is 1.37. The minimum Gasteiger partial charge on any atom is -0.494 e. The second-order valence-corrected chi connectivity index (χ2v) is 4.90. The van der Waals surface area contributed by atoms with Crippen LogP contribution in [-0.2, 0) is 4.74 Å². The number of carbonyl (C=O) groups is 1. The Morgan fingerprint density at radius 3 is 2.72 bits per heavy atom. The lowest BCUT2D eigenvalue weighted by Gasteiger charge is -2.08. The number of halogens is 1. The molecule has 0 N–H and O–H groups in total. The molecule has 0 spiro atoms. The Balaban J connectivity index is 2.54. The Labute approximate surface area is 117 Å². The first-order chi connectivity index (χ1) is 8.69. The topological polar surface area (TPSA) is 35.5 Å². The van der Waals surface area contributed by atoms with E-state index in [2.05, 4.69) is 22.9 Å². The maximum atomic E-state index is 11.5. The van der Waals surface area contributed by atoms with Gasteiger partial charge in [-0.2, -0.15) is 0 Å². The summed E-state index contributed by atoms with van der Waals surface area (Å²) in [6.45, 7) is 2.86. The van der Waals surface area contributed by atoms with Gasteiger partial charge in [-0.05, 0) is 40.5 Å². The van der Waals surface area contributed by atoms with Gasteiger partial charge in [0.05, 0.1) is 19.3 Å². The average molecular weight is 315 g/mol. The summed E-state index contributed by atoms with van der Waals surface area (Å²) in [5, 5.41) is 0. The molecule has 0 heterocycles. The van der Waals surface area contributed by atoms with E-state index < -0.39 is 0 Å². The minimum absolute atomic E-state index is 0.363. The fourth-order valence-electron chi connectivity index (χ4n) is 1.58. The second kappa shape index (κ2) is 8.14. The second-order valence-electron chi connectivity index (χ2n) is 4.04. The van der Waals surface area contributed by atoms with E-state index >= 15 is 0 Å². The van der Waals surface area contributed by atoms with Gasteiger partial charge in [-0.1, -0.05) is 26.2 Å². The van der Waals surface area contributed by atoms with Gasteiger partial charge in [0.1, 0.15) is 5.75 Å². The fourth-order valence-corrected chi connectivity index (χ4v) is 1.99. The van der Waals surface area contributed by atoms with E-state index in [9.17, 15) is 4.79 Å². The number of ether oxygens (including phenoxy) is 2. The van der Waals surface area contributed by atoms with E-state index in [1.54, 1.807) is 12.1 Å². The number of unbranched alkanes of at least 4 members (excludes halogenated alkanes) is 3. The van der Waals surface area contributed by atoms with Crippen LogP contribution in [0.2, 0.25) is 0 Å². The normalized spacial score (nSPS) is 10.2. The third-order valence-corrected chi connectivity index (χ3v) is 3.30. The zero-order valence-electron chi connectivity index (χ0n) is 10.9. The maximum absolute atomic E-state index is 11.5. The molecule has 1 rings (SSSR count). The zero-order chi connectivity index (χ0) is 13.4. The highest BCUT2D eigenvalue weighted by molar-refractivity contribution is 9.10. The first-order valence-electron chi connectivity index (χ1n) is 6.19. The number of hydrogen-bond acceptors (Lipinski definition) is 3. The number of hydrogen-bond donors (Lipinski definition) is 0. The predicted molar refractivity (Wildman–Crippen MR) is 75.1 cm³/mol. The van der Waals surface area contributed by atoms with Crippen LogP contribution < -0.4 is 4.74 Å². The van der Waals surface area contributed by atoms with Crippen LogP contribution >= 0.6 is 15.9 Å². The van der Waals surface area contributed by atoms with E-state index in [1.807, 2.05) is 6.07 Å². The molecule has 0 atom stereocenters. The summed E-state index contributed by atoms with van der Waals surface area (Å²) in [6, 6.07) is 5.35. The Hall–Kier alpha value is -1.03. The summed E-state index contributed by atoms with van der Waals surface area (Å²) in [6.07, 6.45) is 4.66. The molecule has 0 amide bonds. The molecule has 1 aromatic rings. The molecule has 0 radical (unpaired) electrons. The van der Waals surface area contributed by atoms with Crippen LogP contribution in [0.1, 0.15) is 43.0 Å². The van der Waals surface area contributed by atoms with Crippen molar-refractivity contribution in [3.05, 3.63) is 28.2 Å². The van der Waals surface area contributed by atoms with Crippen molar-refractivity contribution in [1.82, 2.24) is 0 Å². The highest BCUT2D eigenvalue weighted by atomic mass is 79.9. The summed E-state index contributed by atoms with van der Waals surface area (Å²) in [4.78, 5) is 11.5. The summed E-state index contributed by atoms with van der Waals surface area (Å²) >= 11 is 3.32. The quantitative estimate of drug-likeness (QED) is 0.559. The molecule has 4 heteroatoms. The standard InChI is InChI=1S/C14H19BrO3/c1-3-4-5-6-9-18-11-7-8-13(15)12(10-11)14(16)17-2/h7-8,10H,3-6,9H2,1-2H3. The van der Waals surface area contributed by atoms with Crippen LogP contribution in [0.4, 0.5) is 0 Å². The van der Waals surface area contributed by atoms with Crippen molar-refractivity contribution < 1.29 is 14.3 Å². The lowest BCUT2D eigenvalue weighted by Crippen LogP contribution is -2.04. The number of rotatable bonds is 7. The molecule has 3 nitrogen and oxygen atoms in total. The molecule has 0 saturated heterocycles. The molecule has 100 valence electrons. The average Bonchev–Trinajstić information content (AvgIpc) is 2.39. The van der Waals surface area contributed by atoms with Gasteiger partial charge < -0.3 is 9.47 Å². The van der Waals surface area contributed by atoms with Crippen LogP contribution in [0.5, 0.6) is 5.75 Å². The first kappa shape index (κ1) is 15.0. The third kappa shape index (κ3) is 4.69. The van der Waals surface area contributed by atoms with Gasteiger partial charge in [0, 0.05) is 4.47 Å². The maximum Gasteiger partial charge on any atom is 0.339 e. The van der Waals surface area contributed by atoms with E-state index in [0.29, 0.717) is 22.4 Å². The third-order valence-electron chi connectivity index (χ3n) is 2.61. The molecule has 0 aliphatic carbocycles. The van der Waals surface area contributed by atoms with Crippen LogP contribution in [0.25, 0.3) is 0 Å². The van der Waals surface area contributed by atoms with Crippen LogP contribution in [0, 0.1) is 0 Å². The molecule has 0 unspecified atom stereocenters. The number of esters is 1. The van der Waals surface area contributed by atoms with Crippen molar-refractivity contribution in [3.63, 3.8) is 0 Å². The monoisotopic (exact) mass is 314 g/mol. The van der Waals surface area contributed by atoms with Gasteiger partial charge >= 0.3 is 5.97 Å². The Morgan fingerprint density at radius 2 is 2.06 bits per heavy atom. The predicted octanol–water partition coefficient (Wildman–Crippen LogP) is 4.19. The number of carbonyl (C=O) groups excluding carboxylic acids is 1. The molecule has 1 aromatic carbocycles. The van der Waals surface area contributed by atoms with Crippen molar-refractivity contribution in [3.8, 4) is 5.75 Å². The van der Waals surface area contributed by atoms with E-state index in [0.717, 1.165) is 6.42 Å². The van der Waals surface area contributed by atoms with E-state index in [4.69, 9.17) is 9.47 Å². The van der Waals surface area contributed by atoms with Crippen molar-refractivity contribution in [2.45, 2.75) is 32.6 Å². The lowest BCUT2D eigenvalue weighted by molar-refractivity contribution is 0.0599. The Kier molecular flexibility index (Phi) is 6.80. The molecule has 18 heavy (non-hydrogen) atoms. The summed E-state index contributed by atoms with van der Waals surface area (Å²) in [5.74, 6) is 0.341. The molecular formula is C14H19BrO3. The largest absolute Gasteiger partial charge is 0.494 e.